The predicted molar refractivity (Wildman–Crippen MR) is 62.2 cm³/mol. The fourth-order valence-corrected chi connectivity index (χ4v) is 1.53. The van der Waals surface area contributed by atoms with Crippen molar-refractivity contribution in [2.75, 3.05) is 0 Å². The highest BCUT2D eigenvalue weighted by Crippen LogP contribution is 2.16. The monoisotopic (exact) mass is 225 g/mol. The molecule has 0 aliphatic rings. The highest BCUT2D eigenvalue weighted by atomic mass is 32.1. The Labute approximate surface area is 93.8 Å². The molecule has 0 saturated heterocycles. The first-order valence-corrected chi connectivity index (χ1v) is 5.52. The van der Waals surface area contributed by atoms with Gasteiger partial charge >= 0.3 is 5.97 Å². The lowest BCUT2D eigenvalue weighted by Gasteiger charge is -2.12. The average Bonchev–Trinajstić information content (AvgIpc) is 2.49. The molecule has 0 atom stereocenters. The van der Waals surface area contributed by atoms with Gasteiger partial charge < -0.3 is 4.84 Å². The topological polar surface area (TPSA) is 38.7 Å². The molecule has 1 aromatic rings. The third-order valence-corrected chi connectivity index (χ3v) is 2.62. The van der Waals surface area contributed by atoms with E-state index in [4.69, 9.17) is 4.84 Å². The van der Waals surface area contributed by atoms with Crippen LogP contribution in [0.3, 0.4) is 0 Å². The van der Waals surface area contributed by atoms with Crippen molar-refractivity contribution in [2.45, 2.75) is 27.7 Å². The Balaban J connectivity index is 2.51. The lowest BCUT2D eigenvalue weighted by molar-refractivity contribution is -0.152. The lowest BCUT2D eigenvalue weighted by atomic mass is 9.98. The summed E-state index contributed by atoms with van der Waals surface area (Å²) in [5.41, 5.74) is -0.511. The Kier molecular flexibility index (Phi) is 3.63. The van der Waals surface area contributed by atoms with Crippen LogP contribution in [0.5, 0.6) is 0 Å². The van der Waals surface area contributed by atoms with Crippen molar-refractivity contribution in [1.82, 2.24) is 0 Å². The number of hydrogen-bond acceptors (Lipinski definition) is 4. The number of aryl methyl sites for hydroxylation is 1. The second-order valence-electron chi connectivity index (χ2n) is 4.31. The summed E-state index contributed by atoms with van der Waals surface area (Å²) >= 11 is 1.61. The van der Waals surface area contributed by atoms with Crippen LogP contribution in [0.4, 0.5) is 0 Å². The molecule has 0 aromatic carbocycles. The summed E-state index contributed by atoms with van der Waals surface area (Å²) in [6, 6.07) is 3.94. The molecule has 3 nitrogen and oxygen atoms in total. The minimum Gasteiger partial charge on any atom is -0.318 e. The molecule has 82 valence electrons. The van der Waals surface area contributed by atoms with Gasteiger partial charge in [0.1, 0.15) is 0 Å². The smallest absolute Gasteiger partial charge is 0.318 e. The summed E-state index contributed by atoms with van der Waals surface area (Å²) in [5.74, 6) is -0.327. The number of carbonyl (C=O) groups is 1. The molecule has 0 N–H and O–H groups in total. The highest BCUT2D eigenvalue weighted by Gasteiger charge is 2.23. The van der Waals surface area contributed by atoms with E-state index in [0.717, 1.165) is 4.88 Å². The van der Waals surface area contributed by atoms with Gasteiger partial charge in [0, 0.05) is 9.75 Å². The van der Waals surface area contributed by atoms with Crippen LogP contribution in [0.15, 0.2) is 17.3 Å². The standard InChI is InChI=1S/C11H15NO2S/c1-8-5-6-9(15-8)7-12-14-10(13)11(2,3)4/h5-7H,1-4H3/b12-7+. The van der Waals surface area contributed by atoms with E-state index < -0.39 is 5.41 Å². The zero-order valence-electron chi connectivity index (χ0n) is 9.40. The fourth-order valence-electron chi connectivity index (χ4n) is 0.786. The zero-order valence-corrected chi connectivity index (χ0v) is 10.2. The molecule has 15 heavy (non-hydrogen) atoms. The van der Waals surface area contributed by atoms with E-state index >= 15 is 0 Å². The normalized spacial score (nSPS) is 12.0. The molecule has 4 heteroatoms. The Morgan fingerprint density at radius 3 is 2.60 bits per heavy atom. The minimum atomic E-state index is -0.511. The molecule has 0 saturated carbocycles. The number of carbonyl (C=O) groups excluding carboxylic acids is 1. The Bertz CT molecular complexity index is 374. The van der Waals surface area contributed by atoms with Gasteiger partial charge in [-0.1, -0.05) is 5.16 Å². The number of hydrogen-bond donors (Lipinski definition) is 0. The van der Waals surface area contributed by atoms with Crippen molar-refractivity contribution in [3.05, 3.63) is 21.9 Å². The number of oxime groups is 1. The molecule has 0 aliphatic carbocycles. The average molecular weight is 225 g/mol. The van der Waals surface area contributed by atoms with Gasteiger partial charge in [-0.05, 0) is 39.8 Å². The Hall–Kier alpha value is -1.16. The highest BCUT2D eigenvalue weighted by molar-refractivity contribution is 7.13. The molecular weight excluding hydrogens is 210 g/mol. The number of thiophene rings is 1. The van der Waals surface area contributed by atoms with Crippen molar-refractivity contribution in [1.29, 1.82) is 0 Å². The van der Waals surface area contributed by atoms with Crippen LogP contribution in [0.25, 0.3) is 0 Å². The van der Waals surface area contributed by atoms with E-state index in [1.165, 1.54) is 4.88 Å². The van der Waals surface area contributed by atoms with Gasteiger partial charge in [0.15, 0.2) is 0 Å². The maximum atomic E-state index is 11.3. The SMILES string of the molecule is Cc1ccc(/C=N/OC(=O)C(C)(C)C)s1. The summed E-state index contributed by atoms with van der Waals surface area (Å²) < 4.78 is 0. The van der Waals surface area contributed by atoms with Crippen molar-refractivity contribution in [3.63, 3.8) is 0 Å². The van der Waals surface area contributed by atoms with Crippen molar-refractivity contribution in [3.8, 4) is 0 Å². The van der Waals surface area contributed by atoms with Crippen LogP contribution >= 0.6 is 11.3 Å². The van der Waals surface area contributed by atoms with Gasteiger partial charge in [0.25, 0.3) is 0 Å². The van der Waals surface area contributed by atoms with E-state index in [1.807, 2.05) is 19.1 Å². The van der Waals surface area contributed by atoms with Gasteiger partial charge in [-0.3, -0.25) is 0 Å². The number of nitrogens with zero attached hydrogens (tertiary/aromatic N) is 1. The minimum absolute atomic E-state index is 0.327. The van der Waals surface area contributed by atoms with E-state index in [-0.39, 0.29) is 5.97 Å². The van der Waals surface area contributed by atoms with Crippen LogP contribution in [0.2, 0.25) is 0 Å². The molecule has 0 spiro atoms. The summed E-state index contributed by atoms with van der Waals surface area (Å²) in [7, 11) is 0. The molecule has 1 aromatic heterocycles. The number of rotatable bonds is 2. The maximum absolute atomic E-state index is 11.3. The second kappa shape index (κ2) is 4.57. The molecule has 0 bridgehead atoms. The third kappa shape index (κ3) is 3.83. The van der Waals surface area contributed by atoms with Crippen molar-refractivity contribution < 1.29 is 9.63 Å². The van der Waals surface area contributed by atoms with Crippen LogP contribution in [-0.4, -0.2) is 12.2 Å². The quantitative estimate of drug-likeness (QED) is 0.441. The largest absolute Gasteiger partial charge is 0.340 e. The molecule has 0 fully saturated rings. The first-order valence-electron chi connectivity index (χ1n) is 4.71. The molecule has 0 radical (unpaired) electrons. The predicted octanol–water partition coefficient (Wildman–Crippen LogP) is 2.98. The van der Waals surface area contributed by atoms with Crippen LogP contribution < -0.4 is 0 Å². The summed E-state index contributed by atoms with van der Waals surface area (Å²) in [6.45, 7) is 7.39. The summed E-state index contributed by atoms with van der Waals surface area (Å²) in [4.78, 5) is 18.3. The van der Waals surface area contributed by atoms with Gasteiger partial charge in [-0.2, -0.15) is 0 Å². The summed E-state index contributed by atoms with van der Waals surface area (Å²) in [6.07, 6.45) is 1.56. The molecule has 1 rings (SSSR count). The summed E-state index contributed by atoms with van der Waals surface area (Å²) in [5, 5.41) is 3.66. The van der Waals surface area contributed by atoms with Crippen LogP contribution in [0.1, 0.15) is 30.5 Å². The van der Waals surface area contributed by atoms with Gasteiger partial charge in [-0.25, -0.2) is 4.79 Å². The molecular formula is C11H15NO2S. The van der Waals surface area contributed by atoms with Crippen molar-refractivity contribution in [2.24, 2.45) is 10.6 Å². The lowest BCUT2D eigenvalue weighted by Crippen LogP contribution is -2.20. The second-order valence-corrected chi connectivity index (χ2v) is 5.63. The molecule has 1 heterocycles. The first kappa shape index (κ1) is 11.9. The zero-order chi connectivity index (χ0) is 11.5. The van der Waals surface area contributed by atoms with E-state index in [2.05, 4.69) is 5.16 Å². The molecule has 0 amide bonds. The van der Waals surface area contributed by atoms with E-state index in [0.29, 0.717) is 0 Å². The molecule has 0 unspecified atom stereocenters. The van der Waals surface area contributed by atoms with Gasteiger partial charge in [0.05, 0.1) is 11.6 Å². The first-order chi connectivity index (χ1) is 6.89. The Morgan fingerprint density at radius 2 is 2.13 bits per heavy atom. The fraction of sp³-hybridized carbons (Fsp3) is 0.455. The molecule has 0 aliphatic heterocycles. The van der Waals surface area contributed by atoms with Crippen molar-refractivity contribution >= 4 is 23.5 Å². The maximum Gasteiger partial charge on any atom is 0.340 e. The third-order valence-electron chi connectivity index (χ3n) is 1.69. The van der Waals surface area contributed by atoms with E-state index in [1.54, 1.807) is 38.3 Å². The van der Waals surface area contributed by atoms with Gasteiger partial charge in [-0.15, -0.1) is 11.3 Å². The van der Waals surface area contributed by atoms with Crippen LogP contribution in [-0.2, 0) is 9.63 Å². The van der Waals surface area contributed by atoms with Gasteiger partial charge in [0.2, 0.25) is 0 Å². The Morgan fingerprint density at radius 1 is 1.47 bits per heavy atom. The van der Waals surface area contributed by atoms with Crippen LogP contribution in [0, 0.1) is 12.3 Å². The van der Waals surface area contributed by atoms with E-state index in [9.17, 15) is 4.79 Å².